The van der Waals surface area contributed by atoms with Gasteiger partial charge >= 0.3 is 18.9 Å². The monoisotopic (exact) mass is 167 g/mol. The van der Waals surface area contributed by atoms with Crippen molar-refractivity contribution in [1.29, 1.82) is 0 Å². The van der Waals surface area contributed by atoms with Crippen LogP contribution in [0.3, 0.4) is 0 Å². The van der Waals surface area contributed by atoms with Crippen molar-refractivity contribution in [3.8, 4) is 0 Å². The van der Waals surface area contributed by atoms with Crippen molar-refractivity contribution in [2.75, 3.05) is 18.0 Å². The number of rotatable bonds is 1. The molecule has 1 heterocycles. The second-order valence-electron chi connectivity index (χ2n) is 3.30. The van der Waals surface area contributed by atoms with Crippen LogP contribution in [0.25, 0.3) is 0 Å². The van der Waals surface area contributed by atoms with Crippen LogP contribution >= 0.6 is 0 Å². The largest absolute Gasteiger partial charge is 1.00 e. The molecule has 64 valence electrons. The molecular formula is C11H14LiN. The average molecular weight is 167 g/mol. The van der Waals surface area contributed by atoms with E-state index in [1.807, 2.05) is 12.1 Å². The topological polar surface area (TPSA) is 3.24 Å². The van der Waals surface area contributed by atoms with E-state index in [1.54, 1.807) is 0 Å². The molecular weight excluding hydrogens is 153 g/mol. The van der Waals surface area contributed by atoms with E-state index in [0.29, 0.717) is 0 Å². The van der Waals surface area contributed by atoms with Crippen LogP contribution in [0.4, 0.5) is 5.69 Å². The van der Waals surface area contributed by atoms with Crippen molar-refractivity contribution >= 4 is 5.69 Å². The van der Waals surface area contributed by atoms with Gasteiger partial charge in [0.15, 0.2) is 0 Å². The van der Waals surface area contributed by atoms with E-state index in [0.717, 1.165) is 0 Å². The van der Waals surface area contributed by atoms with E-state index < -0.39 is 0 Å². The molecule has 1 aliphatic rings. The Bertz CT molecular complexity index is 229. The van der Waals surface area contributed by atoms with E-state index in [9.17, 15) is 0 Å². The summed E-state index contributed by atoms with van der Waals surface area (Å²) >= 11 is 0. The van der Waals surface area contributed by atoms with Crippen LogP contribution < -0.4 is 23.8 Å². The number of para-hydroxylation sites is 1. The van der Waals surface area contributed by atoms with Gasteiger partial charge in [-0.3, -0.25) is 0 Å². The summed E-state index contributed by atoms with van der Waals surface area (Å²) in [6, 6.07) is 11.5. The van der Waals surface area contributed by atoms with Crippen LogP contribution in [0.15, 0.2) is 24.3 Å². The zero-order valence-electron chi connectivity index (χ0n) is 8.29. The molecule has 0 atom stereocenters. The Kier molecular flexibility index (Phi) is 4.42. The van der Waals surface area contributed by atoms with Gasteiger partial charge in [0, 0.05) is 13.1 Å². The fraction of sp³-hybridized carbons (Fsp3) is 0.455. The van der Waals surface area contributed by atoms with Crippen LogP contribution in [0.2, 0.25) is 0 Å². The third-order valence-electron chi connectivity index (χ3n) is 2.39. The summed E-state index contributed by atoms with van der Waals surface area (Å²) in [7, 11) is 0. The molecule has 0 saturated carbocycles. The Morgan fingerprint density at radius 3 is 2.46 bits per heavy atom. The summed E-state index contributed by atoms with van der Waals surface area (Å²) in [6.07, 6.45) is 4.06. The second-order valence-corrected chi connectivity index (χ2v) is 3.30. The van der Waals surface area contributed by atoms with Crippen LogP contribution in [0.5, 0.6) is 0 Å². The maximum absolute atomic E-state index is 3.26. The quantitative estimate of drug-likeness (QED) is 0.402. The van der Waals surface area contributed by atoms with Crippen molar-refractivity contribution in [2.45, 2.75) is 19.3 Å². The normalized spacial score (nSPS) is 16.5. The van der Waals surface area contributed by atoms with Gasteiger partial charge in [0.1, 0.15) is 0 Å². The smallest absolute Gasteiger partial charge is 0.394 e. The van der Waals surface area contributed by atoms with Gasteiger partial charge in [-0.05, 0) is 19.3 Å². The fourth-order valence-corrected chi connectivity index (χ4v) is 1.72. The predicted octanol–water partition coefficient (Wildman–Crippen LogP) is -0.519. The molecule has 13 heavy (non-hydrogen) atoms. The first-order valence-corrected chi connectivity index (χ1v) is 4.68. The molecule has 0 aliphatic carbocycles. The van der Waals surface area contributed by atoms with Crippen molar-refractivity contribution < 1.29 is 18.9 Å². The van der Waals surface area contributed by atoms with Crippen molar-refractivity contribution in [1.82, 2.24) is 0 Å². The maximum atomic E-state index is 3.26. The Balaban J connectivity index is 0.000000845. The summed E-state index contributed by atoms with van der Waals surface area (Å²) in [5.41, 5.74) is 1.26. The number of hydrogen-bond acceptors (Lipinski definition) is 1. The SMILES string of the molecule is [Li+].[c-]1ccccc1N1CCCCC1. The molecule has 1 saturated heterocycles. The summed E-state index contributed by atoms with van der Waals surface area (Å²) in [4.78, 5) is 2.42. The minimum absolute atomic E-state index is 0. The van der Waals surface area contributed by atoms with Gasteiger partial charge in [-0.15, -0.1) is 6.07 Å². The minimum atomic E-state index is 0. The van der Waals surface area contributed by atoms with Crippen molar-refractivity contribution in [3.63, 3.8) is 0 Å². The summed E-state index contributed by atoms with van der Waals surface area (Å²) in [5, 5.41) is 0. The molecule has 0 spiro atoms. The molecule has 1 aliphatic heterocycles. The molecule has 1 aromatic rings. The van der Waals surface area contributed by atoms with E-state index in [1.165, 1.54) is 38.0 Å². The van der Waals surface area contributed by atoms with E-state index in [4.69, 9.17) is 0 Å². The standard InChI is InChI=1S/C11H14N.Li/c1-3-7-11(8-4-1)12-9-5-2-6-10-12;/h1,3-4,7H,2,5-6,9-10H2;/q-1;+1. The van der Waals surface area contributed by atoms with Gasteiger partial charge in [0.2, 0.25) is 0 Å². The van der Waals surface area contributed by atoms with Crippen molar-refractivity contribution in [2.24, 2.45) is 0 Å². The summed E-state index contributed by atoms with van der Waals surface area (Å²) in [6.45, 7) is 2.42. The number of benzene rings is 1. The van der Waals surface area contributed by atoms with Gasteiger partial charge in [0.05, 0.1) is 0 Å². The van der Waals surface area contributed by atoms with Gasteiger partial charge in [0.25, 0.3) is 0 Å². The van der Waals surface area contributed by atoms with E-state index in [-0.39, 0.29) is 18.9 Å². The molecule has 1 aromatic carbocycles. The zero-order valence-corrected chi connectivity index (χ0v) is 8.29. The molecule has 0 amide bonds. The number of piperidine rings is 1. The van der Waals surface area contributed by atoms with Gasteiger partial charge in [-0.25, -0.2) is 0 Å². The van der Waals surface area contributed by atoms with E-state index in [2.05, 4.69) is 23.1 Å². The Morgan fingerprint density at radius 1 is 1.08 bits per heavy atom. The van der Waals surface area contributed by atoms with Crippen LogP contribution in [0.1, 0.15) is 19.3 Å². The van der Waals surface area contributed by atoms with E-state index >= 15 is 0 Å². The van der Waals surface area contributed by atoms with Crippen LogP contribution in [-0.2, 0) is 0 Å². The number of nitrogens with zero attached hydrogens (tertiary/aromatic N) is 1. The second kappa shape index (κ2) is 5.37. The molecule has 0 N–H and O–H groups in total. The third kappa shape index (κ3) is 2.79. The van der Waals surface area contributed by atoms with Gasteiger partial charge in [-0.2, -0.15) is 24.3 Å². The average Bonchev–Trinajstić information content (AvgIpc) is 2.21. The first kappa shape index (κ1) is 10.7. The first-order chi connectivity index (χ1) is 5.97. The van der Waals surface area contributed by atoms with Gasteiger partial charge in [-0.1, -0.05) is 5.69 Å². The minimum Gasteiger partial charge on any atom is -0.394 e. The maximum Gasteiger partial charge on any atom is 1.00 e. The molecule has 0 radical (unpaired) electrons. The molecule has 1 nitrogen and oxygen atoms in total. The Labute approximate surface area is 92.3 Å². The molecule has 0 aromatic heterocycles. The summed E-state index contributed by atoms with van der Waals surface area (Å²) < 4.78 is 0. The van der Waals surface area contributed by atoms with Crippen LogP contribution in [0, 0.1) is 6.07 Å². The number of anilines is 1. The zero-order chi connectivity index (χ0) is 8.23. The molecule has 0 bridgehead atoms. The molecule has 2 heteroatoms. The fourth-order valence-electron chi connectivity index (χ4n) is 1.72. The van der Waals surface area contributed by atoms with Crippen LogP contribution in [-0.4, -0.2) is 13.1 Å². The third-order valence-corrected chi connectivity index (χ3v) is 2.39. The first-order valence-electron chi connectivity index (χ1n) is 4.68. The Morgan fingerprint density at radius 2 is 1.85 bits per heavy atom. The molecule has 1 fully saturated rings. The number of hydrogen-bond donors (Lipinski definition) is 0. The van der Waals surface area contributed by atoms with Gasteiger partial charge < -0.3 is 4.90 Å². The predicted molar refractivity (Wildman–Crippen MR) is 51.3 cm³/mol. The summed E-state index contributed by atoms with van der Waals surface area (Å²) in [5.74, 6) is 0. The Hall–Kier alpha value is -0.383. The molecule has 2 rings (SSSR count). The molecule has 0 unspecified atom stereocenters. The van der Waals surface area contributed by atoms with Crippen molar-refractivity contribution in [3.05, 3.63) is 30.3 Å².